The fraction of sp³-hybridized carbons (Fsp3) is 0.923. The molecule has 8 atom stereocenters. The van der Waals surface area contributed by atoms with Gasteiger partial charge in [0.15, 0.2) is 8.32 Å². The molecule has 160 valence electrons. The van der Waals surface area contributed by atoms with Crippen molar-refractivity contribution in [1.82, 2.24) is 0 Å². The van der Waals surface area contributed by atoms with Crippen LogP contribution in [0.2, 0.25) is 19.1 Å². The molecule has 0 heterocycles. The Kier molecular flexibility index (Phi) is 5.71. The molecule has 4 saturated carbocycles. The number of rotatable bonds is 5. The summed E-state index contributed by atoms with van der Waals surface area (Å²) in [6.45, 7) is 16.7. The van der Waals surface area contributed by atoms with Crippen molar-refractivity contribution >= 4 is 8.32 Å². The Morgan fingerprint density at radius 3 is 2.54 bits per heavy atom. The summed E-state index contributed by atoms with van der Waals surface area (Å²) in [5.41, 5.74) is 1.01. The maximum Gasteiger partial charge on any atom is 0.190 e. The summed E-state index contributed by atoms with van der Waals surface area (Å²) in [6.07, 6.45) is 17.2. The van der Waals surface area contributed by atoms with Crippen LogP contribution in [0.5, 0.6) is 0 Å². The zero-order valence-electron chi connectivity index (χ0n) is 19.4. The number of hydrogen-bond acceptors (Lipinski definition) is 1. The van der Waals surface area contributed by atoms with Gasteiger partial charge in [0.25, 0.3) is 0 Å². The van der Waals surface area contributed by atoms with Gasteiger partial charge in [0.05, 0.1) is 6.10 Å². The molecule has 4 aliphatic carbocycles. The molecular formula is C26H46OSi. The van der Waals surface area contributed by atoms with E-state index in [1.54, 1.807) is 0 Å². The summed E-state index contributed by atoms with van der Waals surface area (Å²) in [5, 5.41) is 0. The summed E-state index contributed by atoms with van der Waals surface area (Å²) < 4.78 is 7.21. The van der Waals surface area contributed by atoms with Crippen molar-refractivity contribution in [2.75, 3.05) is 0 Å². The molecule has 2 heteroatoms. The maximum atomic E-state index is 7.21. The summed E-state index contributed by atoms with van der Waals surface area (Å²) >= 11 is 0. The normalized spacial score (nSPS) is 48.5. The van der Waals surface area contributed by atoms with Gasteiger partial charge in [-0.1, -0.05) is 46.1 Å². The van der Waals surface area contributed by atoms with Crippen LogP contribution in [0, 0.1) is 40.4 Å². The van der Waals surface area contributed by atoms with Crippen LogP contribution in [0.15, 0.2) is 12.7 Å². The molecule has 0 N–H and O–H groups in total. The Morgan fingerprint density at radius 2 is 1.82 bits per heavy atom. The van der Waals surface area contributed by atoms with Crippen molar-refractivity contribution in [3.05, 3.63) is 12.7 Å². The smallest absolute Gasteiger partial charge is 0.190 e. The molecule has 8 unspecified atom stereocenters. The zero-order valence-corrected chi connectivity index (χ0v) is 20.4. The molecule has 0 aliphatic heterocycles. The van der Waals surface area contributed by atoms with Crippen LogP contribution >= 0.6 is 0 Å². The van der Waals surface area contributed by atoms with E-state index in [-0.39, 0.29) is 0 Å². The lowest BCUT2D eigenvalue weighted by Crippen LogP contribution is -2.59. The molecule has 4 rings (SSSR count). The van der Waals surface area contributed by atoms with Crippen LogP contribution in [-0.2, 0) is 4.43 Å². The van der Waals surface area contributed by atoms with Gasteiger partial charge in [-0.05, 0) is 105 Å². The van der Waals surface area contributed by atoms with Crippen molar-refractivity contribution in [3.63, 3.8) is 0 Å². The minimum absolute atomic E-state index is 0.416. The van der Waals surface area contributed by atoms with Crippen molar-refractivity contribution in [2.45, 2.75) is 110 Å². The van der Waals surface area contributed by atoms with Crippen LogP contribution in [0.25, 0.3) is 0 Å². The Morgan fingerprint density at radius 1 is 1.04 bits per heavy atom. The fourth-order valence-corrected chi connectivity index (χ4v) is 10.9. The first-order valence-electron chi connectivity index (χ1n) is 12.5. The van der Waals surface area contributed by atoms with Crippen LogP contribution in [-0.4, -0.2) is 14.4 Å². The third-order valence-electron chi connectivity index (χ3n) is 10.4. The highest BCUT2D eigenvalue weighted by atomic mass is 28.4. The molecule has 1 nitrogen and oxygen atoms in total. The SMILES string of the molecule is C=CC[Si](C)(C)OC1CC2C(CCC3CCCCC32C)C2CCC(CC)C12C. The first kappa shape index (κ1) is 21.2. The Bertz CT molecular complexity index is 585. The molecule has 0 aromatic carbocycles. The molecule has 4 fully saturated rings. The van der Waals surface area contributed by atoms with E-state index in [0.29, 0.717) is 16.9 Å². The molecule has 28 heavy (non-hydrogen) atoms. The number of allylic oxidation sites excluding steroid dienone is 1. The van der Waals surface area contributed by atoms with Crippen LogP contribution in [0.4, 0.5) is 0 Å². The molecule has 0 saturated heterocycles. The van der Waals surface area contributed by atoms with Gasteiger partial charge >= 0.3 is 0 Å². The Labute approximate surface area is 176 Å². The molecule has 4 aliphatic rings. The lowest BCUT2D eigenvalue weighted by atomic mass is 9.44. The van der Waals surface area contributed by atoms with Gasteiger partial charge in [0.1, 0.15) is 0 Å². The van der Waals surface area contributed by atoms with E-state index in [2.05, 4.69) is 46.5 Å². The fourth-order valence-electron chi connectivity index (χ4n) is 8.97. The van der Waals surface area contributed by atoms with Gasteiger partial charge in [-0.2, -0.15) is 0 Å². The van der Waals surface area contributed by atoms with Gasteiger partial charge < -0.3 is 4.43 Å². The Balaban J connectivity index is 1.69. The second-order valence-electron chi connectivity index (χ2n) is 12.0. The topological polar surface area (TPSA) is 9.23 Å². The minimum atomic E-state index is -1.68. The van der Waals surface area contributed by atoms with Crippen LogP contribution in [0.1, 0.15) is 85.0 Å². The van der Waals surface area contributed by atoms with Gasteiger partial charge in [0.2, 0.25) is 0 Å². The van der Waals surface area contributed by atoms with Gasteiger partial charge in [-0.25, -0.2) is 0 Å². The molecule has 0 spiro atoms. The quantitative estimate of drug-likeness (QED) is 0.336. The third-order valence-corrected chi connectivity index (χ3v) is 12.6. The standard InChI is InChI=1S/C26H46OSi/c1-7-17-28(5,6)27-24-18-23-21(22-15-13-19(8-2)26(22,24)4)14-12-20-11-9-10-16-25(20,23)3/h7,19-24H,1,8-18H2,2-6H3. The lowest BCUT2D eigenvalue weighted by molar-refractivity contribution is -0.158. The van der Waals surface area contributed by atoms with Crippen molar-refractivity contribution in [1.29, 1.82) is 0 Å². The van der Waals surface area contributed by atoms with E-state index >= 15 is 0 Å². The molecule has 0 aromatic rings. The highest BCUT2D eigenvalue weighted by molar-refractivity contribution is 6.71. The van der Waals surface area contributed by atoms with Crippen LogP contribution in [0.3, 0.4) is 0 Å². The minimum Gasteiger partial charge on any atom is -0.414 e. The molecule has 0 amide bonds. The molecular weight excluding hydrogens is 356 g/mol. The molecule has 0 aromatic heterocycles. The largest absolute Gasteiger partial charge is 0.414 e. The van der Waals surface area contributed by atoms with Crippen molar-refractivity contribution in [3.8, 4) is 0 Å². The zero-order chi connectivity index (χ0) is 20.2. The van der Waals surface area contributed by atoms with E-state index in [4.69, 9.17) is 4.43 Å². The lowest BCUT2D eigenvalue weighted by Gasteiger charge is -2.63. The highest BCUT2D eigenvalue weighted by Crippen LogP contribution is 2.68. The second-order valence-corrected chi connectivity index (χ2v) is 16.2. The van der Waals surface area contributed by atoms with Gasteiger partial charge in [-0.15, -0.1) is 6.58 Å². The number of fused-ring (bicyclic) bond motifs is 5. The third kappa shape index (κ3) is 3.20. The average Bonchev–Trinajstić information content (AvgIpc) is 2.99. The van der Waals surface area contributed by atoms with Gasteiger partial charge in [0, 0.05) is 0 Å². The van der Waals surface area contributed by atoms with Crippen LogP contribution < -0.4 is 0 Å². The van der Waals surface area contributed by atoms with Crippen molar-refractivity contribution in [2.24, 2.45) is 40.4 Å². The summed E-state index contributed by atoms with van der Waals surface area (Å²) in [6, 6.07) is 1.09. The summed E-state index contributed by atoms with van der Waals surface area (Å²) in [4.78, 5) is 0. The maximum absolute atomic E-state index is 7.21. The second kappa shape index (κ2) is 7.56. The van der Waals surface area contributed by atoms with Crippen molar-refractivity contribution < 1.29 is 4.43 Å². The summed E-state index contributed by atoms with van der Waals surface area (Å²) in [7, 11) is -1.68. The summed E-state index contributed by atoms with van der Waals surface area (Å²) in [5.74, 6) is 4.67. The van der Waals surface area contributed by atoms with E-state index in [0.717, 1.165) is 35.6 Å². The van der Waals surface area contributed by atoms with E-state index in [1.807, 2.05) is 0 Å². The molecule has 0 bridgehead atoms. The van der Waals surface area contributed by atoms with E-state index < -0.39 is 8.32 Å². The van der Waals surface area contributed by atoms with Gasteiger partial charge in [-0.3, -0.25) is 0 Å². The first-order valence-corrected chi connectivity index (χ1v) is 15.7. The predicted molar refractivity (Wildman–Crippen MR) is 123 cm³/mol. The van der Waals surface area contributed by atoms with E-state index in [9.17, 15) is 0 Å². The number of hydrogen-bond donors (Lipinski definition) is 0. The monoisotopic (exact) mass is 402 g/mol. The van der Waals surface area contributed by atoms with E-state index in [1.165, 1.54) is 64.2 Å². The molecule has 0 radical (unpaired) electrons. The predicted octanol–water partition coefficient (Wildman–Crippen LogP) is 7.83. The first-order chi connectivity index (χ1) is 13.3. The highest BCUT2D eigenvalue weighted by Gasteiger charge is 2.63. The average molecular weight is 403 g/mol. The Hall–Kier alpha value is -0.0831.